The number of nitrogens with one attached hydrogen (secondary N) is 1. The molecule has 4 aromatic carbocycles. The van der Waals surface area contributed by atoms with E-state index in [4.69, 9.17) is 4.74 Å². The fraction of sp³-hybridized carbons (Fsp3) is 0.207. The lowest BCUT2D eigenvalue weighted by Gasteiger charge is -2.25. The van der Waals surface area contributed by atoms with E-state index in [2.05, 4.69) is 52.7 Å². The first kappa shape index (κ1) is 21.2. The number of hydrogen-bond acceptors (Lipinski definition) is 3. The molecule has 1 atom stereocenters. The summed E-state index contributed by atoms with van der Waals surface area (Å²) in [5.74, 6) is 0.955. The van der Waals surface area contributed by atoms with Crippen LogP contribution >= 0.6 is 0 Å². The molecule has 4 heteroatoms. The highest BCUT2D eigenvalue weighted by Gasteiger charge is 2.24. The number of benzene rings is 4. The monoisotopic (exact) mass is 436 g/mol. The zero-order valence-electron chi connectivity index (χ0n) is 18.6. The van der Waals surface area contributed by atoms with Gasteiger partial charge in [-0.2, -0.15) is 0 Å². The van der Waals surface area contributed by atoms with Crippen molar-refractivity contribution in [2.24, 2.45) is 0 Å². The molecule has 4 nitrogen and oxygen atoms in total. The van der Waals surface area contributed by atoms with E-state index >= 15 is 0 Å². The van der Waals surface area contributed by atoms with Crippen molar-refractivity contribution in [1.82, 2.24) is 10.2 Å². The number of para-hydroxylation sites is 1. The molecule has 1 unspecified atom stereocenters. The Bertz CT molecular complexity index is 1210. The molecular weight excluding hydrogens is 408 g/mol. The average molecular weight is 437 g/mol. The molecule has 1 aliphatic rings. The summed E-state index contributed by atoms with van der Waals surface area (Å²) < 4.78 is 6.18. The van der Waals surface area contributed by atoms with Crippen LogP contribution in [0.4, 0.5) is 0 Å². The summed E-state index contributed by atoms with van der Waals surface area (Å²) in [6, 6.07) is 32.7. The summed E-state index contributed by atoms with van der Waals surface area (Å²) in [4.78, 5) is 15.1. The first-order valence-corrected chi connectivity index (χ1v) is 11.5. The number of rotatable bonds is 8. The maximum Gasteiger partial charge on any atom is 0.251 e. The molecule has 0 bridgehead atoms. The lowest BCUT2D eigenvalue weighted by atomic mass is 10.1. The maximum absolute atomic E-state index is 12.8. The van der Waals surface area contributed by atoms with Gasteiger partial charge in [-0.15, -0.1) is 0 Å². The van der Waals surface area contributed by atoms with Gasteiger partial charge in [-0.3, -0.25) is 9.69 Å². The Morgan fingerprint density at radius 3 is 2.48 bits per heavy atom. The Morgan fingerprint density at radius 2 is 1.64 bits per heavy atom. The molecule has 0 fully saturated rings. The summed E-state index contributed by atoms with van der Waals surface area (Å²) in [5, 5.41) is 5.32. The smallest absolute Gasteiger partial charge is 0.251 e. The molecule has 166 valence electrons. The van der Waals surface area contributed by atoms with E-state index in [-0.39, 0.29) is 12.0 Å². The van der Waals surface area contributed by atoms with E-state index < -0.39 is 0 Å². The quantitative estimate of drug-likeness (QED) is 0.419. The third-order valence-corrected chi connectivity index (χ3v) is 6.15. The first-order chi connectivity index (χ1) is 16.2. The minimum Gasteiger partial charge on any atom is -0.488 e. The van der Waals surface area contributed by atoms with Crippen LogP contribution in [-0.4, -0.2) is 36.5 Å². The van der Waals surface area contributed by atoms with Gasteiger partial charge in [-0.25, -0.2) is 0 Å². The zero-order chi connectivity index (χ0) is 22.5. The zero-order valence-corrected chi connectivity index (χ0v) is 18.6. The van der Waals surface area contributed by atoms with Crippen LogP contribution in [-0.2, 0) is 13.0 Å². The third-order valence-electron chi connectivity index (χ3n) is 6.15. The molecule has 1 heterocycles. The Kier molecular flexibility index (Phi) is 6.36. The Hall–Kier alpha value is -3.63. The molecule has 1 aliphatic heterocycles. The summed E-state index contributed by atoms with van der Waals surface area (Å²) in [7, 11) is 0. The van der Waals surface area contributed by atoms with Crippen LogP contribution in [0.1, 0.15) is 21.5 Å². The molecule has 4 aromatic rings. The van der Waals surface area contributed by atoms with Crippen molar-refractivity contribution in [3.63, 3.8) is 0 Å². The van der Waals surface area contributed by atoms with Crippen LogP contribution in [0.5, 0.6) is 5.75 Å². The summed E-state index contributed by atoms with van der Waals surface area (Å²) in [6.07, 6.45) is 1.05. The molecular formula is C29H28N2O2. The van der Waals surface area contributed by atoms with Gasteiger partial charge < -0.3 is 10.1 Å². The van der Waals surface area contributed by atoms with Crippen molar-refractivity contribution >= 4 is 16.7 Å². The number of ether oxygens (including phenoxy) is 1. The SMILES string of the molecule is O=C(NCCN(Cc1ccccc1)CC1Cc2ccccc2O1)c1ccc2ccccc2c1. The van der Waals surface area contributed by atoms with Crippen LogP contribution in [0.15, 0.2) is 97.1 Å². The molecule has 1 amide bonds. The highest BCUT2D eigenvalue weighted by Crippen LogP contribution is 2.28. The summed E-state index contributed by atoms with van der Waals surface area (Å²) >= 11 is 0. The van der Waals surface area contributed by atoms with Gasteiger partial charge in [0.2, 0.25) is 0 Å². The van der Waals surface area contributed by atoms with Crippen molar-refractivity contribution in [2.45, 2.75) is 19.1 Å². The van der Waals surface area contributed by atoms with E-state index in [0.29, 0.717) is 12.1 Å². The van der Waals surface area contributed by atoms with Crippen LogP contribution in [0.2, 0.25) is 0 Å². The largest absolute Gasteiger partial charge is 0.488 e. The second-order valence-corrected chi connectivity index (χ2v) is 8.59. The topological polar surface area (TPSA) is 41.6 Å². The predicted molar refractivity (Wildman–Crippen MR) is 133 cm³/mol. The number of carbonyl (C=O) groups is 1. The lowest BCUT2D eigenvalue weighted by molar-refractivity contribution is 0.0942. The molecule has 0 saturated heterocycles. The minimum atomic E-state index is -0.0371. The van der Waals surface area contributed by atoms with E-state index in [0.717, 1.165) is 42.6 Å². The van der Waals surface area contributed by atoms with E-state index in [9.17, 15) is 4.79 Å². The van der Waals surface area contributed by atoms with Crippen molar-refractivity contribution in [1.29, 1.82) is 0 Å². The Balaban J connectivity index is 1.21. The molecule has 0 spiro atoms. The van der Waals surface area contributed by atoms with Gasteiger partial charge in [0.25, 0.3) is 5.91 Å². The van der Waals surface area contributed by atoms with Crippen molar-refractivity contribution < 1.29 is 9.53 Å². The second-order valence-electron chi connectivity index (χ2n) is 8.59. The van der Waals surface area contributed by atoms with Crippen molar-refractivity contribution in [3.05, 3.63) is 114 Å². The van der Waals surface area contributed by atoms with E-state index in [1.807, 2.05) is 54.6 Å². The number of fused-ring (bicyclic) bond motifs is 2. The van der Waals surface area contributed by atoms with Crippen LogP contribution in [0.25, 0.3) is 10.8 Å². The highest BCUT2D eigenvalue weighted by molar-refractivity contribution is 5.98. The van der Waals surface area contributed by atoms with Crippen LogP contribution in [0, 0.1) is 0 Å². The summed E-state index contributed by atoms with van der Waals surface area (Å²) in [6.45, 7) is 2.97. The van der Waals surface area contributed by atoms with Gasteiger partial charge in [0.15, 0.2) is 0 Å². The number of carbonyl (C=O) groups excluding carboxylic acids is 1. The Morgan fingerprint density at radius 1 is 0.879 bits per heavy atom. The number of amides is 1. The first-order valence-electron chi connectivity index (χ1n) is 11.5. The van der Waals surface area contributed by atoms with Crippen molar-refractivity contribution in [2.75, 3.05) is 19.6 Å². The fourth-order valence-corrected chi connectivity index (χ4v) is 4.48. The van der Waals surface area contributed by atoms with Gasteiger partial charge in [-0.05, 0) is 40.1 Å². The fourth-order valence-electron chi connectivity index (χ4n) is 4.48. The molecule has 0 aliphatic carbocycles. The number of nitrogens with zero attached hydrogens (tertiary/aromatic N) is 1. The van der Waals surface area contributed by atoms with Crippen molar-refractivity contribution in [3.8, 4) is 5.75 Å². The average Bonchev–Trinajstić information content (AvgIpc) is 3.26. The standard InChI is InChI=1S/C29H28N2O2/c32-29(26-15-14-23-10-4-5-11-24(23)18-26)30-16-17-31(20-22-8-2-1-3-9-22)21-27-19-25-12-6-7-13-28(25)33-27/h1-15,18,27H,16-17,19-21H2,(H,30,32). The molecule has 33 heavy (non-hydrogen) atoms. The summed E-state index contributed by atoms with van der Waals surface area (Å²) in [5.41, 5.74) is 3.22. The molecule has 0 radical (unpaired) electrons. The number of hydrogen-bond donors (Lipinski definition) is 1. The van der Waals surface area contributed by atoms with Gasteiger partial charge in [0.1, 0.15) is 11.9 Å². The van der Waals surface area contributed by atoms with Gasteiger partial charge in [0, 0.05) is 38.2 Å². The van der Waals surface area contributed by atoms with Crippen LogP contribution in [0.3, 0.4) is 0 Å². The molecule has 0 aromatic heterocycles. The maximum atomic E-state index is 12.8. The van der Waals surface area contributed by atoms with E-state index in [1.54, 1.807) is 0 Å². The Labute approximate surface area is 194 Å². The van der Waals surface area contributed by atoms with Gasteiger partial charge >= 0.3 is 0 Å². The minimum absolute atomic E-state index is 0.0371. The van der Waals surface area contributed by atoms with Gasteiger partial charge in [0.05, 0.1) is 0 Å². The van der Waals surface area contributed by atoms with Gasteiger partial charge in [-0.1, -0.05) is 78.9 Å². The highest BCUT2D eigenvalue weighted by atomic mass is 16.5. The normalized spacial score (nSPS) is 14.8. The molecule has 5 rings (SSSR count). The molecule has 1 N–H and O–H groups in total. The predicted octanol–water partition coefficient (Wildman–Crippen LogP) is 5.08. The third kappa shape index (κ3) is 5.24. The van der Waals surface area contributed by atoms with E-state index in [1.165, 1.54) is 11.1 Å². The van der Waals surface area contributed by atoms with Crippen LogP contribution < -0.4 is 10.1 Å². The second kappa shape index (κ2) is 9.88. The molecule has 0 saturated carbocycles. The lowest BCUT2D eigenvalue weighted by Crippen LogP contribution is -2.39.